The van der Waals surface area contributed by atoms with Crippen LogP contribution in [-0.4, -0.2) is 46.3 Å². The molecule has 6 heteroatoms. The fourth-order valence-electron chi connectivity index (χ4n) is 1.20. The number of carbonyl (C=O) groups is 2. The number of hydrazine groups is 1. The van der Waals surface area contributed by atoms with Crippen molar-refractivity contribution in [1.29, 1.82) is 0 Å². The van der Waals surface area contributed by atoms with Crippen molar-refractivity contribution in [2.24, 2.45) is 0 Å². The first-order valence-corrected chi connectivity index (χ1v) is 4.94. The van der Waals surface area contributed by atoms with E-state index in [0.717, 1.165) is 12.8 Å². The molecule has 0 heterocycles. The van der Waals surface area contributed by atoms with E-state index >= 15 is 0 Å². The van der Waals surface area contributed by atoms with Crippen molar-refractivity contribution < 1.29 is 19.8 Å². The lowest BCUT2D eigenvalue weighted by Crippen LogP contribution is -2.49. The van der Waals surface area contributed by atoms with Gasteiger partial charge in [0.1, 0.15) is 13.1 Å². The smallest absolute Gasteiger partial charge is 0.319 e. The monoisotopic (exact) mass is 218 g/mol. The highest BCUT2D eigenvalue weighted by atomic mass is 16.4. The highest BCUT2D eigenvalue weighted by Gasteiger charge is 2.15. The Balaban J connectivity index is 4.21. The van der Waals surface area contributed by atoms with Crippen LogP contribution in [0.5, 0.6) is 0 Å². The van der Waals surface area contributed by atoms with Gasteiger partial charge < -0.3 is 10.2 Å². The van der Waals surface area contributed by atoms with Gasteiger partial charge in [-0.2, -0.15) is 0 Å². The minimum Gasteiger partial charge on any atom is -0.480 e. The zero-order valence-electron chi connectivity index (χ0n) is 9.06. The highest BCUT2D eigenvalue weighted by Crippen LogP contribution is 1.97. The maximum atomic E-state index is 10.5. The van der Waals surface area contributed by atoms with Crippen LogP contribution < -0.4 is 5.43 Å². The third-order valence-corrected chi connectivity index (χ3v) is 2.00. The Morgan fingerprint density at radius 1 is 1.13 bits per heavy atom. The summed E-state index contributed by atoms with van der Waals surface area (Å²) in [5, 5.41) is 18.4. The molecule has 0 atom stereocenters. The van der Waals surface area contributed by atoms with Crippen molar-refractivity contribution in [2.45, 2.75) is 32.7 Å². The van der Waals surface area contributed by atoms with Crippen LogP contribution >= 0.6 is 0 Å². The maximum Gasteiger partial charge on any atom is 0.319 e. The lowest BCUT2D eigenvalue weighted by atomic mass is 10.2. The van der Waals surface area contributed by atoms with E-state index in [1.54, 1.807) is 0 Å². The molecule has 0 aromatic rings. The van der Waals surface area contributed by atoms with Crippen molar-refractivity contribution in [1.82, 2.24) is 10.4 Å². The first-order chi connectivity index (χ1) is 6.99. The fourth-order valence-corrected chi connectivity index (χ4v) is 1.20. The van der Waals surface area contributed by atoms with Gasteiger partial charge in [0.2, 0.25) is 0 Å². The third kappa shape index (κ3) is 6.87. The molecule has 6 nitrogen and oxygen atoms in total. The van der Waals surface area contributed by atoms with Gasteiger partial charge in [0.25, 0.3) is 0 Å². The van der Waals surface area contributed by atoms with Crippen LogP contribution in [0.2, 0.25) is 0 Å². The quantitative estimate of drug-likeness (QED) is 0.502. The molecule has 0 aliphatic heterocycles. The van der Waals surface area contributed by atoms with Crippen molar-refractivity contribution in [3.63, 3.8) is 0 Å². The average molecular weight is 218 g/mol. The molecule has 0 bridgehead atoms. The minimum atomic E-state index is -1.05. The molecular formula is C9H18N2O4. The Morgan fingerprint density at radius 3 is 1.80 bits per heavy atom. The van der Waals surface area contributed by atoms with Crippen LogP contribution in [0.25, 0.3) is 0 Å². The number of carboxylic acids is 2. The number of nitrogens with one attached hydrogen (secondary N) is 1. The highest BCUT2D eigenvalue weighted by molar-refractivity contribution is 5.72. The summed E-state index contributed by atoms with van der Waals surface area (Å²) in [5.74, 6) is -2.09. The van der Waals surface area contributed by atoms with Crippen molar-refractivity contribution in [3.8, 4) is 0 Å². The van der Waals surface area contributed by atoms with Gasteiger partial charge >= 0.3 is 11.9 Å². The van der Waals surface area contributed by atoms with Crippen molar-refractivity contribution in [2.75, 3.05) is 13.1 Å². The van der Waals surface area contributed by atoms with Gasteiger partial charge in [-0.25, -0.2) is 5.01 Å². The number of nitrogens with zero attached hydrogens (tertiary/aromatic N) is 1. The first-order valence-electron chi connectivity index (χ1n) is 4.94. The Hall–Kier alpha value is -1.14. The zero-order chi connectivity index (χ0) is 11.8. The van der Waals surface area contributed by atoms with Gasteiger partial charge in [-0.15, -0.1) is 0 Å². The standard InChI is InChI=1S/C9H18N2O4/c1-3-7(4-2)10-11(5-8(12)13)6-9(14)15/h7,10H,3-6H2,1-2H3,(H,12,13)(H,14,15). The third-order valence-electron chi connectivity index (χ3n) is 2.00. The van der Waals surface area contributed by atoms with E-state index in [2.05, 4.69) is 5.43 Å². The maximum absolute atomic E-state index is 10.5. The van der Waals surface area contributed by atoms with E-state index in [1.165, 1.54) is 5.01 Å². The summed E-state index contributed by atoms with van der Waals surface area (Å²) >= 11 is 0. The minimum absolute atomic E-state index is 0.115. The molecule has 0 aromatic heterocycles. The fraction of sp³-hybridized carbons (Fsp3) is 0.778. The van der Waals surface area contributed by atoms with Gasteiger partial charge in [-0.05, 0) is 12.8 Å². The van der Waals surface area contributed by atoms with Gasteiger partial charge in [0.05, 0.1) is 0 Å². The number of hydrogen-bond donors (Lipinski definition) is 3. The average Bonchev–Trinajstić information content (AvgIpc) is 2.11. The molecule has 88 valence electrons. The Kier molecular flexibility index (Phi) is 6.64. The molecule has 0 amide bonds. The lowest BCUT2D eigenvalue weighted by molar-refractivity contribution is -0.143. The van der Waals surface area contributed by atoms with Crippen molar-refractivity contribution in [3.05, 3.63) is 0 Å². The van der Waals surface area contributed by atoms with E-state index in [4.69, 9.17) is 10.2 Å². The summed E-state index contributed by atoms with van der Waals surface area (Å²) in [6.45, 7) is 3.29. The van der Waals surface area contributed by atoms with Crippen molar-refractivity contribution >= 4 is 11.9 Å². The molecule has 0 fully saturated rings. The van der Waals surface area contributed by atoms with Gasteiger partial charge in [-0.1, -0.05) is 13.8 Å². The number of hydrogen-bond acceptors (Lipinski definition) is 4. The molecular weight excluding hydrogens is 200 g/mol. The predicted molar refractivity (Wildman–Crippen MR) is 54.4 cm³/mol. The summed E-state index contributed by atoms with van der Waals surface area (Å²) in [5.41, 5.74) is 2.89. The van der Waals surface area contributed by atoms with Crippen LogP contribution in [0.4, 0.5) is 0 Å². The van der Waals surface area contributed by atoms with Crippen LogP contribution in [0, 0.1) is 0 Å². The summed E-state index contributed by atoms with van der Waals surface area (Å²) in [7, 11) is 0. The number of rotatable bonds is 8. The Morgan fingerprint density at radius 2 is 1.53 bits per heavy atom. The van der Waals surface area contributed by atoms with Crippen LogP contribution in [-0.2, 0) is 9.59 Å². The largest absolute Gasteiger partial charge is 0.480 e. The van der Waals surface area contributed by atoms with E-state index < -0.39 is 11.9 Å². The predicted octanol–water partition coefficient (Wildman–Crippen LogP) is 0.151. The Labute approximate surface area is 88.9 Å². The van der Waals surface area contributed by atoms with Gasteiger partial charge in [0, 0.05) is 6.04 Å². The molecule has 0 aromatic carbocycles. The van der Waals surface area contributed by atoms with E-state index in [9.17, 15) is 9.59 Å². The number of carboxylic acid groups (broad SMARTS) is 2. The normalized spacial score (nSPS) is 10.9. The van der Waals surface area contributed by atoms with Gasteiger partial charge in [-0.3, -0.25) is 15.0 Å². The zero-order valence-corrected chi connectivity index (χ0v) is 9.06. The molecule has 0 unspecified atom stereocenters. The van der Waals surface area contributed by atoms with Crippen LogP contribution in [0.3, 0.4) is 0 Å². The van der Waals surface area contributed by atoms with Gasteiger partial charge in [0.15, 0.2) is 0 Å². The second kappa shape index (κ2) is 7.19. The van der Waals surface area contributed by atoms with E-state index in [0.29, 0.717) is 0 Å². The summed E-state index contributed by atoms with van der Waals surface area (Å²) in [4.78, 5) is 20.9. The molecule has 3 N–H and O–H groups in total. The van der Waals surface area contributed by atoms with Crippen LogP contribution in [0.1, 0.15) is 26.7 Å². The molecule has 0 aliphatic rings. The second-order valence-electron chi connectivity index (χ2n) is 3.29. The molecule has 0 spiro atoms. The summed E-state index contributed by atoms with van der Waals surface area (Å²) in [6, 6.07) is 0.115. The lowest BCUT2D eigenvalue weighted by Gasteiger charge is -2.25. The van der Waals surface area contributed by atoms with E-state index in [-0.39, 0.29) is 19.1 Å². The molecule has 0 aliphatic carbocycles. The summed E-state index contributed by atoms with van der Waals surface area (Å²) in [6.07, 6.45) is 1.65. The first kappa shape index (κ1) is 13.9. The van der Waals surface area contributed by atoms with Crippen LogP contribution in [0.15, 0.2) is 0 Å². The number of aliphatic carboxylic acids is 2. The van der Waals surface area contributed by atoms with E-state index in [1.807, 2.05) is 13.8 Å². The molecule has 0 saturated heterocycles. The molecule has 0 radical (unpaired) electrons. The molecule has 15 heavy (non-hydrogen) atoms. The summed E-state index contributed by atoms with van der Waals surface area (Å²) < 4.78 is 0. The topological polar surface area (TPSA) is 89.9 Å². The molecule has 0 saturated carbocycles. The second-order valence-corrected chi connectivity index (χ2v) is 3.29. The molecule has 0 rings (SSSR count). The Bertz CT molecular complexity index is 200. The SMILES string of the molecule is CCC(CC)NN(CC(=O)O)CC(=O)O.